The molecule has 0 atom stereocenters. The molecule has 1 aromatic heterocycles. The maximum Gasteiger partial charge on any atom is 0.324 e. The molecule has 0 bridgehead atoms. The van der Waals surface area contributed by atoms with Crippen molar-refractivity contribution in [3.63, 3.8) is 0 Å². The van der Waals surface area contributed by atoms with Crippen LogP contribution in [0, 0.1) is 13.8 Å². The van der Waals surface area contributed by atoms with E-state index in [4.69, 9.17) is 23.2 Å². The van der Waals surface area contributed by atoms with E-state index in [2.05, 4.69) is 32.8 Å². The van der Waals surface area contributed by atoms with Crippen LogP contribution in [0.15, 0.2) is 48.8 Å². The summed E-state index contributed by atoms with van der Waals surface area (Å²) in [5, 5.41) is 9.13. The van der Waals surface area contributed by atoms with Crippen molar-refractivity contribution < 1.29 is 4.79 Å². The van der Waals surface area contributed by atoms with Gasteiger partial charge in [0.2, 0.25) is 0 Å². The van der Waals surface area contributed by atoms with E-state index < -0.39 is 6.03 Å². The standard InChI is InChI=1S/C19H17Cl2N5O/c1-11-6-7-13(8-12(11)2)24-16-9-17(23-10-22-16)25-19(27)26-18-14(20)4-3-5-15(18)21/h3-10H,1-2H3,(H3,22,23,24,25,26,27). The Labute approximate surface area is 166 Å². The lowest BCUT2D eigenvalue weighted by molar-refractivity contribution is 0.262. The van der Waals surface area contributed by atoms with Crippen molar-refractivity contribution in [1.29, 1.82) is 0 Å². The Morgan fingerprint density at radius 2 is 1.59 bits per heavy atom. The first-order valence-electron chi connectivity index (χ1n) is 8.11. The van der Waals surface area contributed by atoms with Crippen LogP contribution in [0.3, 0.4) is 0 Å². The quantitative estimate of drug-likeness (QED) is 0.516. The number of nitrogens with zero attached hydrogens (tertiary/aromatic N) is 2. The molecular formula is C19H17Cl2N5O. The molecule has 0 aliphatic heterocycles. The van der Waals surface area contributed by atoms with E-state index in [0.717, 1.165) is 5.69 Å². The van der Waals surface area contributed by atoms with Gasteiger partial charge in [0.25, 0.3) is 0 Å². The first-order valence-corrected chi connectivity index (χ1v) is 8.86. The van der Waals surface area contributed by atoms with E-state index in [-0.39, 0.29) is 0 Å². The molecule has 1 heterocycles. The highest BCUT2D eigenvalue weighted by Gasteiger charge is 2.10. The number of anilines is 4. The van der Waals surface area contributed by atoms with Gasteiger partial charge in [-0.05, 0) is 49.2 Å². The van der Waals surface area contributed by atoms with Gasteiger partial charge in [-0.1, -0.05) is 35.3 Å². The van der Waals surface area contributed by atoms with Crippen LogP contribution in [0.2, 0.25) is 10.0 Å². The summed E-state index contributed by atoms with van der Waals surface area (Å²) in [6.07, 6.45) is 1.36. The fourth-order valence-corrected chi connectivity index (χ4v) is 2.83. The third kappa shape index (κ3) is 4.87. The molecule has 0 spiro atoms. The molecule has 6 nitrogen and oxygen atoms in total. The van der Waals surface area contributed by atoms with E-state index in [9.17, 15) is 4.79 Å². The summed E-state index contributed by atoms with van der Waals surface area (Å²) in [7, 11) is 0. The highest BCUT2D eigenvalue weighted by atomic mass is 35.5. The molecule has 0 aliphatic rings. The molecule has 2 amide bonds. The fourth-order valence-electron chi connectivity index (χ4n) is 2.34. The SMILES string of the molecule is Cc1ccc(Nc2cc(NC(=O)Nc3c(Cl)cccc3Cl)ncn2)cc1C. The second kappa shape index (κ2) is 8.24. The largest absolute Gasteiger partial charge is 0.340 e. The van der Waals surface area contributed by atoms with Crippen molar-refractivity contribution in [3.05, 3.63) is 70.0 Å². The number of aromatic nitrogens is 2. The Kier molecular flexibility index (Phi) is 5.78. The number of nitrogens with one attached hydrogen (secondary N) is 3. The molecule has 3 rings (SSSR count). The van der Waals surface area contributed by atoms with Gasteiger partial charge in [-0.25, -0.2) is 14.8 Å². The van der Waals surface area contributed by atoms with Crippen LogP contribution < -0.4 is 16.0 Å². The highest BCUT2D eigenvalue weighted by Crippen LogP contribution is 2.29. The normalized spacial score (nSPS) is 10.4. The molecule has 3 N–H and O–H groups in total. The Hall–Kier alpha value is -2.83. The lowest BCUT2D eigenvalue weighted by Gasteiger charge is -2.11. The molecule has 8 heteroatoms. The van der Waals surface area contributed by atoms with Crippen LogP contribution in [0.5, 0.6) is 0 Å². The van der Waals surface area contributed by atoms with Crippen molar-refractivity contribution in [2.75, 3.05) is 16.0 Å². The van der Waals surface area contributed by atoms with Crippen LogP contribution in [-0.2, 0) is 0 Å². The van der Waals surface area contributed by atoms with Crippen LogP contribution in [-0.4, -0.2) is 16.0 Å². The van der Waals surface area contributed by atoms with E-state index in [1.54, 1.807) is 24.3 Å². The molecule has 0 fully saturated rings. The van der Waals surface area contributed by atoms with Gasteiger partial charge in [0.1, 0.15) is 18.0 Å². The van der Waals surface area contributed by atoms with E-state index in [0.29, 0.717) is 27.4 Å². The van der Waals surface area contributed by atoms with Gasteiger partial charge in [-0.2, -0.15) is 0 Å². The van der Waals surface area contributed by atoms with Gasteiger partial charge >= 0.3 is 6.03 Å². The average Bonchev–Trinajstić information content (AvgIpc) is 2.62. The van der Waals surface area contributed by atoms with Crippen LogP contribution in [0.4, 0.5) is 27.8 Å². The van der Waals surface area contributed by atoms with Crippen molar-refractivity contribution in [1.82, 2.24) is 9.97 Å². The van der Waals surface area contributed by atoms with Crippen molar-refractivity contribution in [2.24, 2.45) is 0 Å². The number of carbonyl (C=O) groups is 1. The number of rotatable bonds is 4. The summed E-state index contributed by atoms with van der Waals surface area (Å²) in [6.45, 7) is 4.09. The predicted molar refractivity (Wildman–Crippen MR) is 110 cm³/mol. The number of urea groups is 1. The highest BCUT2D eigenvalue weighted by molar-refractivity contribution is 6.39. The summed E-state index contributed by atoms with van der Waals surface area (Å²) >= 11 is 12.1. The smallest absolute Gasteiger partial charge is 0.324 e. The van der Waals surface area contributed by atoms with Crippen molar-refractivity contribution >= 4 is 52.2 Å². The number of carbonyl (C=O) groups excluding carboxylic acids is 1. The summed E-state index contributed by atoms with van der Waals surface area (Å²) in [6, 6.07) is 12.1. The van der Waals surface area contributed by atoms with E-state index in [1.807, 2.05) is 25.1 Å². The minimum atomic E-state index is -0.513. The summed E-state index contributed by atoms with van der Waals surface area (Å²) in [5.41, 5.74) is 3.61. The van der Waals surface area contributed by atoms with Crippen molar-refractivity contribution in [2.45, 2.75) is 13.8 Å². The van der Waals surface area contributed by atoms with Crippen LogP contribution in [0.1, 0.15) is 11.1 Å². The zero-order valence-corrected chi connectivity index (χ0v) is 16.2. The molecular weight excluding hydrogens is 385 g/mol. The molecule has 0 saturated heterocycles. The summed E-state index contributed by atoms with van der Waals surface area (Å²) in [5.74, 6) is 0.885. The predicted octanol–water partition coefficient (Wildman–Crippen LogP) is 5.79. The van der Waals surface area contributed by atoms with E-state index >= 15 is 0 Å². The number of aryl methyl sites for hydroxylation is 2. The van der Waals surface area contributed by atoms with Gasteiger partial charge in [0.15, 0.2) is 0 Å². The third-order valence-electron chi connectivity index (χ3n) is 3.89. The second-order valence-electron chi connectivity index (χ2n) is 5.89. The fraction of sp³-hybridized carbons (Fsp3) is 0.105. The minimum Gasteiger partial charge on any atom is -0.340 e. The molecule has 0 saturated carbocycles. The van der Waals surface area contributed by atoms with Crippen LogP contribution >= 0.6 is 23.2 Å². The lowest BCUT2D eigenvalue weighted by Crippen LogP contribution is -2.20. The van der Waals surface area contributed by atoms with E-state index in [1.165, 1.54) is 17.5 Å². The number of benzene rings is 2. The maximum atomic E-state index is 12.2. The number of amides is 2. The summed E-state index contributed by atoms with van der Waals surface area (Å²) < 4.78 is 0. The molecule has 27 heavy (non-hydrogen) atoms. The van der Waals surface area contributed by atoms with Gasteiger partial charge < -0.3 is 10.6 Å². The minimum absolute atomic E-state index is 0.331. The second-order valence-corrected chi connectivity index (χ2v) is 6.70. The number of halogens is 2. The lowest BCUT2D eigenvalue weighted by atomic mass is 10.1. The molecule has 0 radical (unpaired) electrons. The Morgan fingerprint density at radius 1 is 0.889 bits per heavy atom. The average molecular weight is 402 g/mol. The van der Waals surface area contributed by atoms with Crippen molar-refractivity contribution in [3.8, 4) is 0 Å². The third-order valence-corrected chi connectivity index (χ3v) is 4.52. The summed E-state index contributed by atoms with van der Waals surface area (Å²) in [4.78, 5) is 20.4. The Bertz CT molecular complexity index is 973. The van der Waals surface area contributed by atoms with Gasteiger partial charge in [0.05, 0.1) is 15.7 Å². The van der Waals surface area contributed by atoms with Gasteiger partial charge in [-0.3, -0.25) is 5.32 Å². The maximum absolute atomic E-state index is 12.2. The number of hydrogen-bond donors (Lipinski definition) is 3. The Balaban J connectivity index is 1.70. The number of para-hydroxylation sites is 1. The zero-order valence-electron chi connectivity index (χ0n) is 14.7. The number of hydrogen-bond acceptors (Lipinski definition) is 4. The molecule has 138 valence electrons. The first kappa shape index (κ1) is 18.9. The molecule has 0 unspecified atom stereocenters. The first-order chi connectivity index (χ1) is 12.9. The molecule has 2 aromatic carbocycles. The topological polar surface area (TPSA) is 78.9 Å². The van der Waals surface area contributed by atoms with Gasteiger partial charge in [0, 0.05) is 11.8 Å². The van der Waals surface area contributed by atoms with Gasteiger partial charge in [-0.15, -0.1) is 0 Å². The molecule has 0 aliphatic carbocycles. The monoisotopic (exact) mass is 401 g/mol. The van der Waals surface area contributed by atoms with Crippen LogP contribution in [0.25, 0.3) is 0 Å². The molecule has 3 aromatic rings. The Morgan fingerprint density at radius 3 is 2.30 bits per heavy atom. The zero-order chi connectivity index (χ0) is 19.4.